The van der Waals surface area contributed by atoms with E-state index in [2.05, 4.69) is 18.3 Å². The molecule has 3 unspecified atom stereocenters. The first-order valence-electron chi connectivity index (χ1n) is 11.0. The second kappa shape index (κ2) is 6.57. The molecule has 6 rings (SSSR count). The minimum atomic E-state index is -1.38. The number of nitrogens with one attached hydrogen (secondary N) is 1. The van der Waals surface area contributed by atoms with E-state index in [1.165, 1.54) is 0 Å². The zero-order valence-electron chi connectivity index (χ0n) is 18.1. The van der Waals surface area contributed by atoms with Crippen molar-refractivity contribution in [2.75, 3.05) is 5.32 Å². The minimum absolute atomic E-state index is 0.00395. The molecule has 2 saturated heterocycles. The molecule has 6 atom stereocenters. The summed E-state index contributed by atoms with van der Waals surface area (Å²) in [5.74, 6) is -2.55. The monoisotopic (exact) mass is 441 g/mol. The van der Waals surface area contributed by atoms with Gasteiger partial charge in [-0.15, -0.1) is 0 Å². The van der Waals surface area contributed by atoms with Crippen LogP contribution in [-0.4, -0.2) is 44.7 Å². The maximum Gasteiger partial charge on any atom is 0.339 e. The van der Waals surface area contributed by atoms with Gasteiger partial charge in [-0.25, -0.2) is 4.79 Å². The quantitative estimate of drug-likeness (QED) is 0.516. The van der Waals surface area contributed by atoms with Crippen LogP contribution >= 0.6 is 0 Å². The van der Waals surface area contributed by atoms with Crippen LogP contribution in [0.15, 0.2) is 24.3 Å². The Morgan fingerprint density at radius 2 is 2.00 bits per heavy atom. The first-order chi connectivity index (χ1) is 15.0. The predicted molar refractivity (Wildman–Crippen MR) is 113 cm³/mol. The third-order valence-electron chi connectivity index (χ3n) is 8.44. The summed E-state index contributed by atoms with van der Waals surface area (Å²) in [6, 6.07) is 2.16. The van der Waals surface area contributed by atoms with Crippen LogP contribution in [0.4, 0.5) is 5.69 Å². The lowest BCUT2D eigenvalue weighted by atomic mass is 9.51. The lowest BCUT2D eigenvalue weighted by Gasteiger charge is -2.55. The number of aromatic carboxylic acids is 1. The number of ether oxygens (including phenoxy) is 1. The molecule has 1 aromatic carbocycles. The van der Waals surface area contributed by atoms with Gasteiger partial charge in [0, 0.05) is 17.8 Å². The average molecular weight is 441 g/mol. The standard InChI is InChI=1S/C24H27NO7/c1-22(7-6-17(28)25-18-14(26)4-3-13(19(18)29)21(30)31)16(27)5-8-24-10-12-9-15(20(22)24)32-23(12,2)11-24/h3-5,8,12,15,20,26,29H,6-7,9-11H2,1-2H3,(H,25,28)(H,30,31)/t12?,15-,20-,22+,23?,24?/m0/s1. The number of anilines is 1. The molecule has 0 radical (unpaired) electrons. The number of carbonyl (C=O) groups is 3. The van der Waals surface area contributed by atoms with E-state index in [0.717, 1.165) is 31.4 Å². The van der Waals surface area contributed by atoms with Crippen molar-refractivity contribution in [2.24, 2.45) is 22.7 Å². The summed E-state index contributed by atoms with van der Waals surface area (Å²) in [7, 11) is 0. The van der Waals surface area contributed by atoms with Gasteiger partial charge >= 0.3 is 5.97 Å². The summed E-state index contributed by atoms with van der Waals surface area (Å²) < 4.78 is 6.41. The molecule has 4 N–H and O–H groups in total. The van der Waals surface area contributed by atoms with Crippen molar-refractivity contribution in [3.05, 3.63) is 29.8 Å². The zero-order chi connectivity index (χ0) is 23.1. The first kappa shape index (κ1) is 21.0. The molecule has 3 aliphatic carbocycles. The number of hydrogen-bond donors (Lipinski definition) is 4. The van der Waals surface area contributed by atoms with Crippen molar-refractivity contribution in [1.29, 1.82) is 0 Å². The number of aromatic hydroxyl groups is 2. The van der Waals surface area contributed by atoms with Gasteiger partial charge in [0.1, 0.15) is 17.0 Å². The Morgan fingerprint density at radius 3 is 2.69 bits per heavy atom. The van der Waals surface area contributed by atoms with Crippen molar-refractivity contribution in [3.8, 4) is 11.5 Å². The number of benzene rings is 1. The molecule has 1 spiro atoms. The van der Waals surface area contributed by atoms with E-state index in [1.807, 2.05) is 6.92 Å². The summed E-state index contributed by atoms with van der Waals surface area (Å²) >= 11 is 0. The van der Waals surface area contributed by atoms with E-state index in [0.29, 0.717) is 5.92 Å². The van der Waals surface area contributed by atoms with Gasteiger partial charge in [-0.3, -0.25) is 9.59 Å². The maximum atomic E-state index is 13.1. The second-order valence-corrected chi connectivity index (χ2v) is 10.3. The Labute approximate surface area is 185 Å². The third kappa shape index (κ3) is 2.75. The fraction of sp³-hybridized carbons (Fsp3) is 0.542. The van der Waals surface area contributed by atoms with Crippen LogP contribution in [0.2, 0.25) is 0 Å². The van der Waals surface area contributed by atoms with Crippen LogP contribution in [0.3, 0.4) is 0 Å². The van der Waals surface area contributed by atoms with Gasteiger partial charge in [-0.05, 0) is 62.1 Å². The van der Waals surface area contributed by atoms with Gasteiger partial charge in [0.15, 0.2) is 11.5 Å². The molecular weight excluding hydrogens is 414 g/mol. The molecule has 2 heterocycles. The number of phenols is 2. The largest absolute Gasteiger partial charge is 0.506 e. The zero-order valence-corrected chi connectivity index (χ0v) is 18.1. The second-order valence-electron chi connectivity index (χ2n) is 10.3. The number of hydrogen-bond acceptors (Lipinski definition) is 6. The summed E-state index contributed by atoms with van der Waals surface area (Å²) in [5, 5.41) is 31.7. The van der Waals surface area contributed by atoms with Crippen LogP contribution in [-0.2, 0) is 14.3 Å². The summed E-state index contributed by atoms with van der Waals surface area (Å²) in [6.07, 6.45) is 6.86. The van der Waals surface area contributed by atoms with E-state index in [4.69, 9.17) is 9.84 Å². The summed E-state index contributed by atoms with van der Waals surface area (Å²) in [6.45, 7) is 4.08. The van der Waals surface area contributed by atoms with Crippen LogP contribution in [0.25, 0.3) is 0 Å². The third-order valence-corrected chi connectivity index (χ3v) is 8.44. The molecule has 32 heavy (non-hydrogen) atoms. The number of allylic oxidation sites excluding steroid dienone is 2. The maximum absolute atomic E-state index is 13.1. The Kier molecular flexibility index (Phi) is 4.31. The molecule has 5 aliphatic rings. The van der Waals surface area contributed by atoms with Gasteiger partial charge in [0.05, 0.1) is 11.7 Å². The van der Waals surface area contributed by atoms with Gasteiger partial charge in [0.2, 0.25) is 5.91 Å². The fourth-order valence-corrected chi connectivity index (χ4v) is 7.09. The molecule has 170 valence electrons. The molecule has 8 heteroatoms. The smallest absolute Gasteiger partial charge is 0.339 e. The highest BCUT2D eigenvalue weighted by Gasteiger charge is 2.71. The SMILES string of the molecule is CC12CC34C=CC(=O)[C@@](C)(CCC(=O)Nc5c(O)ccc(C(=O)O)c5O)[C@@H]3[C@H](CC1C4)O2. The highest BCUT2D eigenvalue weighted by molar-refractivity contribution is 6.00. The van der Waals surface area contributed by atoms with E-state index in [1.54, 1.807) is 6.08 Å². The van der Waals surface area contributed by atoms with Crippen molar-refractivity contribution in [2.45, 2.75) is 57.7 Å². The number of carboxylic acid groups (broad SMARTS) is 1. The molecule has 8 nitrogen and oxygen atoms in total. The van der Waals surface area contributed by atoms with E-state index >= 15 is 0 Å². The average Bonchev–Trinajstić information content (AvgIpc) is 3.08. The number of carbonyl (C=O) groups excluding carboxylic acids is 2. The van der Waals surface area contributed by atoms with E-state index in [-0.39, 0.29) is 47.4 Å². The molecule has 2 aliphatic heterocycles. The number of rotatable bonds is 5. The molecule has 1 aromatic rings. The van der Waals surface area contributed by atoms with Crippen molar-refractivity contribution in [1.82, 2.24) is 0 Å². The Hall–Kier alpha value is -2.87. The van der Waals surface area contributed by atoms with Crippen LogP contribution < -0.4 is 5.32 Å². The van der Waals surface area contributed by atoms with E-state index in [9.17, 15) is 24.6 Å². The van der Waals surface area contributed by atoms with Crippen molar-refractivity contribution >= 4 is 23.3 Å². The van der Waals surface area contributed by atoms with Gasteiger partial charge in [0.25, 0.3) is 0 Å². The predicted octanol–water partition coefficient (Wildman–Crippen LogP) is 3.23. The van der Waals surface area contributed by atoms with Gasteiger partial charge < -0.3 is 25.4 Å². The van der Waals surface area contributed by atoms with Gasteiger partial charge in [-0.2, -0.15) is 0 Å². The Morgan fingerprint density at radius 1 is 1.25 bits per heavy atom. The number of amides is 1. The highest BCUT2D eigenvalue weighted by Crippen LogP contribution is 2.71. The topological polar surface area (TPSA) is 133 Å². The molecule has 1 amide bonds. The van der Waals surface area contributed by atoms with E-state index < -0.39 is 34.4 Å². The lowest BCUT2D eigenvalue weighted by Crippen LogP contribution is -2.56. The number of ketones is 1. The molecule has 4 bridgehead atoms. The van der Waals surface area contributed by atoms with Crippen LogP contribution in [0.1, 0.15) is 56.3 Å². The highest BCUT2D eigenvalue weighted by atomic mass is 16.5. The molecule has 4 fully saturated rings. The van der Waals surface area contributed by atoms with Gasteiger partial charge in [-0.1, -0.05) is 13.0 Å². The Bertz CT molecular complexity index is 1080. The normalized spacial score (nSPS) is 38.7. The molecule has 2 saturated carbocycles. The summed E-state index contributed by atoms with van der Waals surface area (Å²) in [5.41, 5.74) is -1.75. The lowest BCUT2D eigenvalue weighted by molar-refractivity contribution is -0.169. The first-order valence-corrected chi connectivity index (χ1v) is 11.0. The van der Waals surface area contributed by atoms with Crippen molar-refractivity contribution < 1.29 is 34.4 Å². The minimum Gasteiger partial charge on any atom is -0.506 e. The summed E-state index contributed by atoms with van der Waals surface area (Å²) in [4.78, 5) is 37.0. The van der Waals surface area contributed by atoms with Crippen LogP contribution in [0.5, 0.6) is 11.5 Å². The Balaban J connectivity index is 1.36. The van der Waals surface area contributed by atoms with Crippen molar-refractivity contribution in [3.63, 3.8) is 0 Å². The fourth-order valence-electron chi connectivity index (χ4n) is 7.09. The number of phenolic OH excluding ortho intramolecular Hbond substituents is 1. The number of carboxylic acids is 1. The van der Waals surface area contributed by atoms with Crippen LogP contribution in [0, 0.1) is 22.7 Å². The molecule has 0 aromatic heterocycles. The molecular formula is C24H27NO7.